The van der Waals surface area contributed by atoms with Crippen molar-refractivity contribution in [2.24, 2.45) is 0 Å². The molecule has 2 heterocycles. The first-order valence-electron chi connectivity index (χ1n) is 10.8. The van der Waals surface area contributed by atoms with Gasteiger partial charge < -0.3 is 15.1 Å². The van der Waals surface area contributed by atoms with Crippen LogP contribution < -0.4 is 10.2 Å². The summed E-state index contributed by atoms with van der Waals surface area (Å²) in [6.07, 6.45) is 0.0946. The van der Waals surface area contributed by atoms with Gasteiger partial charge in [-0.15, -0.1) is 0 Å². The van der Waals surface area contributed by atoms with E-state index < -0.39 is 17.6 Å². The number of pyridine rings is 1. The van der Waals surface area contributed by atoms with Crippen molar-refractivity contribution in [2.45, 2.75) is 32.4 Å². The molecule has 1 saturated heterocycles. The molecule has 6 nitrogen and oxygen atoms in total. The van der Waals surface area contributed by atoms with Crippen LogP contribution in [0, 0.1) is 0 Å². The summed E-state index contributed by atoms with van der Waals surface area (Å²) in [6.45, 7) is 4.23. The Hall–Kier alpha value is -3.10. The highest BCUT2D eigenvalue weighted by atomic mass is 19.4. The second kappa shape index (κ2) is 10.5. The lowest BCUT2D eigenvalue weighted by atomic mass is 10.1. The summed E-state index contributed by atoms with van der Waals surface area (Å²) in [5.74, 6) is -0.836. The summed E-state index contributed by atoms with van der Waals surface area (Å²) in [6, 6.07) is 8.31. The average molecular weight is 448 g/mol. The van der Waals surface area contributed by atoms with E-state index in [1.165, 1.54) is 23.1 Å². The van der Waals surface area contributed by atoms with Gasteiger partial charge in [0.25, 0.3) is 11.8 Å². The fourth-order valence-electron chi connectivity index (χ4n) is 3.63. The fourth-order valence-corrected chi connectivity index (χ4v) is 3.63. The van der Waals surface area contributed by atoms with E-state index in [1.54, 1.807) is 18.3 Å². The first kappa shape index (κ1) is 23.6. The van der Waals surface area contributed by atoms with E-state index in [9.17, 15) is 22.8 Å². The van der Waals surface area contributed by atoms with Crippen LogP contribution in [0.4, 0.5) is 18.9 Å². The maximum atomic E-state index is 13.2. The van der Waals surface area contributed by atoms with Crippen LogP contribution in [0.1, 0.15) is 52.6 Å². The Bertz CT molecular complexity index is 924. The van der Waals surface area contributed by atoms with Crippen molar-refractivity contribution in [1.82, 2.24) is 15.2 Å². The summed E-state index contributed by atoms with van der Waals surface area (Å²) >= 11 is 0. The molecular weight excluding hydrogens is 421 g/mol. The number of nitrogens with one attached hydrogen (secondary N) is 1. The van der Waals surface area contributed by atoms with Gasteiger partial charge in [-0.3, -0.25) is 9.59 Å². The topological polar surface area (TPSA) is 65.5 Å². The van der Waals surface area contributed by atoms with Gasteiger partial charge in [0.05, 0.1) is 23.0 Å². The van der Waals surface area contributed by atoms with Crippen LogP contribution in [-0.4, -0.2) is 54.4 Å². The van der Waals surface area contributed by atoms with Crippen LogP contribution in [0.3, 0.4) is 0 Å². The molecule has 172 valence electrons. The Labute approximate surface area is 185 Å². The molecule has 0 aliphatic carbocycles. The first-order valence-corrected chi connectivity index (χ1v) is 10.8. The number of aromatic nitrogens is 1. The summed E-state index contributed by atoms with van der Waals surface area (Å²) in [7, 11) is 0. The molecule has 1 aromatic heterocycles. The zero-order valence-corrected chi connectivity index (χ0v) is 18.0. The summed E-state index contributed by atoms with van der Waals surface area (Å²) in [5.41, 5.74) is -0.109. The summed E-state index contributed by atoms with van der Waals surface area (Å²) in [4.78, 5) is 32.5. The Morgan fingerprint density at radius 3 is 2.38 bits per heavy atom. The molecule has 0 spiro atoms. The molecule has 1 fully saturated rings. The number of halogens is 3. The third-order valence-corrected chi connectivity index (χ3v) is 5.44. The molecule has 32 heavy (non-hydrogen) atoms. The van der Waals surface area contributed by atoms with Gasteiger partial charge in [0.1, 0.15) is 5.69 Å². The number of rotatable bonds is 7. The van der Waals surface area contributed by atoms with Crippen molar-refractivity contribution in [1.29, 1.82) is 0 Å². The Balaban J connectivity index is 1.57. The van der Waals surface area contributed by atoms with Crippen molar-refractivity contribution >= 4 is 17.5 Å². The number of benzene rings is 1. The van der Waals surface area contributed by atoms with Gasteiger partial charge in [-0.05, 0) is 30.7 Å². The normalized spacial score (nSPS) is 14.4. The molecular formula is C23H27F3N4O2. The van der Waals surface area contributed by atoms with Gasteiger partial charge in [-0.1, -0.05) is 31.9 Å². The molecule has 0 radical (unpaired) electrons. The number of hydrogen-bond donors (Lipinski definition) is 1. The van der Waals surface area contributed by atoms with Crippen molar-refractivity contribution in [3.63, 3.8) is 0 Å². The first-order chi connectivity index (χ1) is 15.3. The lowest BCUT2D eigenvalue weighted by molar-refractivity contribution is -0.138. The second-order valence-corrected chi connectivity index (χ2v) is 7.69. The molecule has 2 amide bonds. The molecule has 1 aliphatic rings. The SMILES string of the molecule is CCCCCNC(=O)c1ccc(N2CCN(C(=O)c3ccccc3C(F)(F)F)CC2)cn1. The minimum Gasteiger partial charge on any atom is -0.367 e. The Kier molecular flexibility index (Phi) is 7.71. The van der Waals surface area contributed by atoms with Crippen molar-refractivity contribution in [3.05, 3.63) is 59.4 Å². The quantitative estimate of drug-likeness (QED) is 0.651. The van der Waals surface area contributed by atoms with E-state index >= 15 is 0 Å². The van der Waals surface area contributed by atoms with Gasteiger partial charge in [0, 0.05) is 32.7 Å². The largest absolute Gasteiger partial charge is 0.417 e. The molecule has 1 N–H and O–H groups in total. The molecule has 3 rings (SSSR count). The molecule has 0 unspecified atom stereocenters. The number of hydrogen-bond acceptors (Lipinski definition) is 4. The molecule has 1 aliphatic heterocycles. The lowest BCUT2D eigenvalue weighted by Crippen LogP contribution is -2.49. The van der Waals surface area contributed by atoms with Crippen LogP contribution in [0.2, 0.25) is 0 Å². The van der Waals surface area contributed by atoms with E-state index in [-0.39, 0.29) is 11.5 Å². The number of nitrogens with zero attached hydrogens (tertiary/aromatic N) is 3. The second-order valence-electron chi connectivity index (χ2n) is 7.69. The summed E-state index contributed by atoms with van der Waals surface area (Å²) < 4.78 is 39.7. The zero-order chi connectivity index (χ0) is 23.1. The zero-order valence-electron chi connectivity index (χ0n) is 18.0. The van der Waals surface area contributed by atoms with E-state index in [2.05, 4.69) is 17.2 Å². The van der Waals surface area contributed by atoms with Gasteiger partial charge in [-0.2, -0.15) is 13.2 Å². The lowest BCUT2D eigenvalue weighted by Gasteiger charge is -2.36. The van der Waals surface area contributed by atoms with Crippen LogP contribution in [0.25, 0.3) is 0 Å². The monoisotopic (exact) mass is 448 g/mol. The van der Waals surface area contributed by atoms with E-state index in [1.807, 2.05) is 4.90 Å². The van der Waals surface area contributed by atoms with Crippen LogP contribution >= 0.6 is 0 Å². The molecule has 0 bridgehead atoms. The Morgan fingerprint density at radius 1 is 1.03 bits per heavy atom. The number of unbranched alkanes of at least 4 members (excludes halogenated alkanes) is 2. The molecule has 0 saturated carbocycles. The van der Waals surface area contributed by atoms with E-state index in [0.29, 0.717) is 38.4 Å². The predicted molar refractivity (Wildman–Crippen MR) is 116 cm³/mol. The van der Waals surface area contributed by atoms with Gasteiger partial charge >= 0.3 is 6.18 Å². The highest BCUT2D eigenvalue weighted by molar-refractivity contribution is 5.96. The highest BCUT2D eigenvalue weighted by Crippen LogP contribution is 2.32. The maximum Gasteiger partial charge on any atom is 0.417 e. The van der Waals surface area contributed by atoms with Crippen molar-refractivity contribution < 1.29 is 22.8 Å². The molecule has 2 aromatic rings. The molecule has 1 aromatic carbocycles. The average Bonchev–Trinajstić information content (AvgIpc) is 2.81. The van der Waals surface area contributed by atoms with E-state index in [4.69, 9.17) is 0 Å². The van der Waals surface area contributed by atoms with Crippen molar-refractivity contribution in [2.75, 3.05) is 37.6 Å². The van der Waals surface area contributed by atoms with Crippen molar-refractivity contribution in [3.8, 4) is 0 Å². The minimum absolute atomic E-state index is 0.216. The number of alkyl halides is 3. The number of piperazine rings is 1. The van der Waals surface area contributed by atoms with Crippen LogP contribution in [0.15, 0.2) is 42.6 Å². The maximum absolute atomic E-state index is 13.2. The van der Waals surface area contributed by atoms with Crippen LogP contribution in [-0.2, 0) is 6.18 Å². The van der Waals surface area contributed by atoms with Crippen LogP contribution in [0.5, 0.6) is 0 Å². The third-order valence-electron chi connectivity index (χ3n) is 5.44. The van der Waals surface area contributed by atoms with E-state index in [0.717, 1.165) is 31.0 Å². The number of carbonyl (C=O) groups excluding carboxylic acids is 2. The molecule has 9 heteroatoms. The number of carbonyl (C=O) groups is 2. The van der Waals surface area contributed by atoms with Gasteiger partial charge in [0.2, 0.25) is 0 Å². The van der Waals surface area contributed by atoms with Gasteiger partial charge in [0.15, 0.2) is 0 Å². The highest BCUT2D eigenvalue weighted by Gasteiger charge is 2.36. The third kappa shape index (κ3) is 5.77. The summed E-state index contributed by atoms with van der Waals surface area (Å²) in [5, 5.41) is 2.84. The smallest absolute Gasteiger partial charge is 0.367 e. The van der Waals surface area contributed by atoms with Gasteiger partial charge in [-0.25, -0.2) is 4.98 Å². The Morgan fingerprint density at radius 2 is 1.75 bits per heavy atom. The predicted octanol–water partition coefficient (Wildman–Crippen LogP) is 3.98. The number of anilines is 1. The molecule has 0 atom stereocenters. The minimum atomic E-state index is -4.58. The standard InChI is InChI=1S/C23H27F3N4O2/c1-2-3-6-11-27-21(31)20-10-9-17(16-28-20)29-12-14-30(15-13-29)22(32)18-7-4-5-8-19(18)23(24,25)26/h4-5,7-10,16H,2-3,6,11-15H2,1H3,(H,27,31). The fraction of sp³-hybridized carbons (Fsp3) is 0.435. The number of amides is 2.